The summed E-state index contributed by atoms with van der Waals surface area (Å²) in [6.07, 6.45) is 3.31. The average Bonchev–Trinajstić information content (AvgIpc) is 3.41. The number of halogens is 1. The third kappa shape index (κ3) is 4.73. The lowest BCUT2D eigenvalue weighted by molar-refractivity contribution is -0.126. The summed E-state index contributed by atoms with van der Waals surface area (Å²) in [6, 6.07) is 8.00. The maximum Gasteiger partial charge on any atom is 0.228 e. The normalized spacial score (nSPS) is 15.5. The zero-order valence-corrected chi connectivity index (χ0v) is 17.0. The number of fused-ring (bicyclic) bond motifs is 1. The number of nitrogens with one attached hydrogen (secondary N) is 2. The molecular formula is C21H21FN4O3S. The SMILES string of the molecule is O=C1CC(C(=O)NCCCCCc2nc(-c3cccs3)no2)c2ccc(F)cc2N1. The summed E-state index contributed by atoms with van der Waals surface area (Å²) in [4.78, 5) is 29.8. The first kappa shape index (κ1) is 20.2. The van der Waals surface area contributed by atoms with E-state index in [0.717, 1.165) is 24.1 Å². The molecule has 0 spiro atoms. The molecule has 0 saturated carbocycles. The third-order valence-corrected chi connectivity index (χ3v) is 5.81. The maximum atomic E-state index is 13.4. The van der Waals surface area contributed by atoms with Crippen LogP contribution in [0.15, 0.2) is 40.2 Å². The van der Waals surface area contributed by atoms with Crippen LogP contribution in [0.3, 0.4) is 0 Å². The van der Waals surface area contributed by atoms with Crippen molar-refractivity contribution in [3.8, 4) is 10.7 Å². The molecule has 3 aromatic rings. The van der Waals surface area contributed by atoms with Crippen molar-refractivity contribution in [3.05, 3.63) is 53.0 Å². The molecule has 1 atom stereocenters. The molecule has 156 valence electrons. The number of nitrogens with zero attached hydrogens (tertiary/aromatic N) is 2. The van der Waals surface area contributed by atoms with Crippen molar-refractivity contribution in [3.63, 3.8) is 0 Å². The van der Waals surface area contributed by atoms with Gasteiger partial charge in [-0.05, 0) is 42.0 Å². The van der Waals surface area contributed by atoms with Crippen LogP contribution in [0, 0.1) is 5.82 Å². The number of thiophene rings is 1. The Kier molecular flexibility index (Phi) is 6.18. The Labute approximate surface area is 176 Å². The third-order valence-electron chi connectivity index (χ3n) is 4.95. The topological polar surface area (TPSA) is 97.1 Å². The van der Waals surface area contributed by atoms with E-state index in [9.17, 15) is 14.0 Å². The Balaban J connectivity index is 1.20. The molecule has 2 aromatic heterocycles. The van der Waals surface area contributed by atoms with Gasteiger partial charge >= 0.3 is 0 Å². The van der Waals surface area contributed by atoms with Crippen LogP contribution in [-0.4, -0.2) is 28.5 Å². The summed E-state index contributed by atoms with van der Waals surface area (Å²) >= 11 is 1.57. The molecule has 3 heterocycles. The maximum absolute atomic E-state index is 13.4. The molecule has 1 aliphatic rings. The number of unbranched alkanes of at least 4 members (excludes halogenated alkanes) is 2. The van der Waals surface area contributed by atoms with E-state index < -0.39 is 11.7 Å². The number of rotatable bonds is 8. The standard InChI is InChI=1S/C21H21FN4O3S/c22-13-7-8-14-15(12-18(27)24-16(14)11-13)21(28)23-9-3-1-2-6-19-25-20(26-29-19)17-5-4-10-30-17/h4-5,7-8,10-11,15H,1-3,6,9,12H2,(H,23,28)(H,24,27). The van der Waals surface area contributed by atoms with Crippen LogP contribution in [0.2, 0.25) is 0 Å². The Morgan fingerprint density at radius 3 is 3.03 bits per heavy atom. The molecule has 30 heavy (non-hydrogen) atoms. The molecule has 0 bridgehead atoms. The Hall–Kier alpha value is -3.07. The number of aryl methyl sites for hydroxylation is 1. The van der Waals surface area contributed by atoms with Crippen molar-refractivity contribution in [2.24, 2.45) is 0 Å². The molecule has 1 aromatic carbocycles. The fourth-order valence-electron chi connectivity index (χ4n) is 3.45. The average molecular weight is 428 g/mol. The summed E-state index contributed by atoms with van der Waals surface area (Å²) < 4.78 is 18.7. The van der Waals surface area contributed by atoms with Crippen molar-refractivity contribution >= 4 is 28.8 Å². The van der Waals surface area contributed by atoms with E-state index in [-0.39, 0.29) is 18.2 Å². The van der Waals surface area contributed by atoms with Gasteiger partial charge in [-0.25, -0.2) is 4.39 Å². The number of hydrogen-bond acceptors (Lipinski definition) is 6. The van der Waals surface area contributed by atoms with Crippen molar-refractivity contribution in [2.45, 2.75) is 38.0 Å². The highest BCUT2D eigenvalue weighted by Crippen LogP contribution is 2.32. The molecule has 1 unspecified atom stereocenters. The van der Waals surface area contributed by atoms with Gasteiger partial charge in [0.05, 0.1) is 10.8 Å². The van der Waals surface area contributed by atoms with Crippen LogP contribution >= 0.6 is 11.3 Å². The first-order valence-electron chi connectivity index (χ1n) is 9.83. The van der Waals surface area contributed by atoms with Crippen molar-refractivity contribution < 1.29 is 18.5 Å². The summed E-state index contributed by atoms with van der Waals surface area (Å²) in [6.45, 7) is 0.512. The van der Waals surface area contributed by atoms with E-state index in [2.05, 4.69) is 20.8 Å². The summed E-state index contributed by atoms with van der Waals surface area (Å²) in [7, 11) is 0. The summed E-state index contributed by atoms with van der Waals surface area (Å²) in [5.41, 5.74) is 1.01. The van der Waals surface area contributed by atoms with Gasteiger partial charge in [-0.3, -0.25) is 9.59 Å². The van der Waals surface area contributed by atoms with Crippen LogP contribution in [0.4, 0.5) is 10.1 Å². The minimum atomic E-state index is -0.594. The van der Waals surface area contributed by atoms with Gasteiger partial charge < -0.3 is 15.2 Å². The minimum absolute atomic E-state index is 0.0637. The van der Waals surface area contributed by atoms with Crippen LogP contribution in [-0.2, 0) is 16.0 Å². The predicted molar refractivity (Wildman–Crippen MR) is 111 cm³/mol. The molecule has 0 saturated heterocycles. The Bertz CT molecular complexity index is 1030. The number of hydrogen-bond donors (Lipinski definition) is 2. The fourth-order valence-corrected chi connectivity index (χ4v) is 4.10. The highest BCUT2D eigenvalue weighted by Gasteiger charge is 2.30. The summed E-state index contributed by atoms with van der Waals surface area (Å²) in [5.74, 6) is -0.310. The lowest BCUT2D eigenvalue weighted by atomic mass is 9.89. The second-order valence-electron chi connectivity index (χ2n) is 7.13. The lowest BCUT2D eigenvalue weighted by Gasteiger charge is -2.24. The monoisotopic (exact) mass is 428 g/mol. The second kappa shape index (κ2) is 9.17. The number of carbonyl (C=O) groups is 2. The van der Waals surface area contributed by atoms with Gasteiger partial charge in [-0.2, -0.15) is 4.98 Å². The van der Waals surface area contributed by atoms with Crippen LogP contribution in [0.1, 0.15) is 43.1 Å². The summed E-state index contributed by atoms with van der Waals surface area (Å²) in [5, 5.41) is 11.5. The van der Waals surface area contributed by atoms with Gasteiger partial charge in [0.2, 0.25) is 23.5 Å². The van der Waals surface area contributed by atoms with E-state index in [0.29, 0.717) is 35.9 Å². The van der Waals surface area contributed by atoms with Gasteiger partial charge in [0.1, 0.15) is 5.82 Å². The van der Waals surface area contributed by atoms with E-state index in [1.807, 2.05) is 17.5 Å². The highest BCUT2D eigenvalue weighted by atomic mass is 32.1. The fraction of sp³-hybridized carbons (Fsp3) is 0.333. The zero-order valence-electron chi connectivity index (χ0n) is 16.2. The number of aromatic nitrogens is 2. The van der Waals surface area contributed by atoms with Crippen molar-refractivity contribution in [1.82, 2.24) is 15.5 Å². The minimum Gasteiger partial charge on any atom is -0.356 e. The molecule has 2 amide bonds. The molecule has 0 aliphatic carbocycles. The van der Waals surface area contributed by atoms with Gasteiger partial charge in [-0.1, -0.05) is 23.7 Å². The lowest BCUT2D eigenvalue weighted by Crippen LogP contribution is -2.35. The Morgan fingerprint density at radius 1 is 1.30 bits per heavy atom. The molecule has 4 rings (SSSR count). The molecular weight excluding hydrogens is 407 g/mol. The number of anilines is 1. The van der Waals surface area contributed by atoms with E-state index in [4.69, 9.17) is 4.52 Å². The molecule has 1 aliphatic heterocycles. The van der Waals surface area contributed by atoms with Gasteiger partial charge in [0, 0.05) is 25.1 Å². The second-order valence-corrected chi connectivity index (χ2v) is 8.07. The molecule has 0 fully saturated rings. The van der Waals surface area contributed by atoms with E-state index >= 15 is 0 Å². The number of amides is 2. The number of carbonyl (C=O) groups excluding carboxylic acids is 2. The highest BCUT2D eigenvalue weighted by molar-refractivity contribution is 7.13. The van der Waals surface area contributed by atoms with Gasteiger partial charge in [0.15, 0.2) is 0 Å². The predicted octanol–water partition coefficient (Wildman–Crippen LogP) is 3.89. The molecule has 0 radical (unpaired) electrons. The first-order valence-corrected chi connectivity index (χ1v) is 10.7. The van der Waals surface area contributed by atoms with Crippen molar-refractivity contribution in [1.29, 1.82) is 0 Å². The van der Waals surface area contributed by atoms with Gasteiger partial charge in [0.25, 0.3) is 0 Å². The molecule has 9 heteroatoms. The number of benzene rings is 1. The molecule has 2 N–H and O–H groups in total. The smallest absolute Gasteiger partial charge is 0.228 e. The Morgan fingerprint density at radius 2 is 2.20 bits per heavy atom. The van der Waals surface area contributed by atoms with E-state index in [1.165, 1.54) is 12.1 Å². The quantitative estimate of drug-likeness (QED) is 0.531. The first-order chi connectivity index (χ1) is 14.6. The van der Waals surface area contributed by atoms with Crippen molar-refractivity contribution in [2.75, 3.05) is 11.9 Å². The zero-order chi connectivity index (χ0) is 20.9. The molecule has 7 nitrogen and oxygen atoms in total. The van der Waals surface area contributed by atoms with E-state index in [1.54, 1.807) is 17.4 Å². The van der Waals surface area contributed by atoms with Gasteiger partial charge in [-0.15, -0.1) is 11.3 Å². The van der Waals surface area contributed by atoms with Crippen LogP contribution in [0.5, 0.6) is 0 Å². The van der Waals surface area contributed by atoms with Crippen LogP contribution < -0.4 is 10.6 Å². The van der Waals surface area contributed by atoms with Crippen LogP contribution in [0.25, 0.3) is 10.7 Å². The largest absolute Gasteiger partial charge is 0.356 e.